The van der Waals surface area contributed by atoms with E-state index in [4.69, 9.17) is 4.74 Å². The smallest absolute Gasteiger partial charge is 0.262 e. The van der Waals surface area contributed by atoms with E-state index < -0.39 is 0 Å². The molecular weight excluding hydrogens is 456 g/mol. The molecule has 1 fully saturated rings. The van der Waals surface area contributed by atoms with Crippen molar-refractivity contribution in [1.29, 1.82) is 0 Å². The van der Waals surface area contributed by atoms with E-state index in [2.05, 4.69) is 48.9 Å². The number of nitrogens with one attached hydrogen (secondary N) is 1. The third-order valence-electron chi connectivity index (χ3n) is 5.66. The van der Waals surface area contributed by atoms with Crippen molar-refractivity contribution in [2.75, 3.05) is 25.0 Å². The number of halogens is 1. The minimum Gasteiger partial charge on any atom is -0.483 e. The van der Waals surface area contributed by atoms with Gasteiger partial charge in [0.05, 0.1) is 15.7 Å². The molecule has 0 bridgehead atoms. The highest BCUT2D eigenvalue weighted by atomic mass is 79.9. The summed E-state index contributed by atoms with van der Waals surface area (Å²) >= 11 is 3.53. The Morgan fingerprint density at radius 3 is 2.45 bits per heavy atom. The summed E-state index contributed by atoms with van der Waals surface area (Å²) in [6.07, 6.45) is 2.02. The van der Waals surface area contributed by atoms with Crippen LogP contribution >= 0.6 is 15.9 Å². The molecule has 0 atom stereocenters. The van der Waals surface area contributed by atoms with E-state index >= 15 is 0 Å². The van der Waals surface area contributed by atoms with Gasteiger partial charge in [-0.05, 0) is 69.9 Å². The number of rotatable bonds is 5. The fourth-order valence-electron chi connectivity index (χ4n) is 3.57. The fraction of sp³-hybridized carbons (Fsp3) is 0.440. The molecule has 0 aliphatic carbocycles. The van der Waals surface area contributed by atoms with Crippen molar-refractivity contribution >= 4 is 33.4 Å². The second-order valence-electron chi connectivity index (χ2n) is 9.25. The highest BCUT2D eigenvalue weighted by Crippen LogP contribution is 2.31. The summed E-state index contributed by atoms with van der Waals surface area (Å²) in [5.74, 6) is 0.909. The second-order valence-corrected chi connectivity index (χ2v) is 10.1. The SMILES string of the molecule is CC1CCN(C(=O)c2ccccc2NC(=O)COc2ccc(C(C)(C)C)cc2Br)CC1. The number of piperidine rings is 1. The summed E-state index contributed by atoms with van der Waals surface area (Å²) in [6.45, 7) is 10.0. The molecule has 6 heteroatoms. The van der Waals surface area contributed by atoms with Crippen molar-refractivity contribution in [2.24, 2.45) is 5.92 Å². The van der Waals surface area contributed by atoms with Crippen molar-refractivity contribution in [3.05, 3.63) is 58.1 Å². The first-order valence-corrected chi connectivity index (χ1v) is 11.6. The third kappa shape index (κ3) is 6.10. The molecule has 1 saturated heterocycles. The first-order chi connectivity index (χ1) is 14.6. The lowest BCUT2D eigenvalue weighted by atomic mass is 9.87. The summed E-state index contributed by atoms with van der Waals surface area (Å²) in [5.41, 5.74) is 2.24. The first kappa shape index (κ1) is 23.3. The highest BCUT2D eigenvalue weighted by Gasteiger charge is 2.23. The third-order valence-corrected chi connectivity index (χ3v) is 6.28. The Bertz CT molecular complexity index is 944. The number of hydrogen-bond acceptors (Lipinski definition) is 3. The van der Waals surface area contributed by atoms with Gasteiger partial charge in [-0.3, -0.25) is 9.59 Å². The van der Waals surface area contributed by atoms with Gasteiger partial charge in [-0.2, -0.15) is 0 Å². The lowest BCUT2D eigenvalue weighted by Crippen LogP contribution is -2.38. The van der Waals surface area contributed by atoms with Gasteiger partial charge in [-0.15, -0.1) is 0 Å². The molecule has 2 aromatic rings. The van der Waals surface area contributed by atoms with Crippen molar-refractivity contribution in [3.8, 4) is 5.75 Å². The van der Waals surface area contributed by atoms with Gasteiger partial charge in [0.25, 0.3) is 11.8 Å². The number of benzene rings is 2. The van der Waals surface area contributed by atoms with Crippen LogP contribution in [0.5, 0.6) is 5.75 Å². The van der Waals surface area contributed by atoms with Gasteiger partial charge in [0.2, 0.25) is 0 Å². The lowest BCUT2D eigenvalue weighted by Gasteiger charge is -2.30. The van der Waals surface area contributed by atoms with Crippen LogP contribution in [0.25, 0.3) is 0 Å². The van der Waals surface area contributed by atoms with Crippen molar-refractivity contribution in [2.45, 2.75) is 46.0 Å². The Kier molecular flexibility index (Phi) is 7.42. The van der Waals surface area contributed by atoms with Crippen molar-refractivity contribution in [3.63, 3.8) is 0 Å². The highest BCUT2D eigenvalue weighted by molar-refractivity contribution is 9.10. The van der Waals surface area contributed by atoms with Crippen LogP contribution in [-0.2, 0) is 10.2 Å². The number of carbonyl (C=O) groups is 2. The molecule has 1 aliphatic heterocycles. The minimum absolute atomic E-state index is 0.0288. The molecule has 166 valence electrons. The summed E-state index contributed by atoms with van der Waals surface area (Å²) in [4.78, 5) is 27.4. The number of likely N-dealkylation sites (tertiary alicyclic amines) is 1. The molecule has 2 amide bonds. The number of hydrogen-bond donors (Lipinski definition) is 1. The van der Waals surface area contributed by atoms with E-state index in [1.165, 1.54) is 5.56 Å². The molecule has 0 radical (unpaired) electrons. The molecule has 0 aromatic heterocycles. The molecule has 0 unspecified atom stereocenters. The molecule has 2 aromatic carbocycles. The van der Waals surface area contributed by atoms with Gasteiger partial charge in [0.1, 0.15) is 5.75 Å². The zero-order valence-electron chi connectivity index (χ0n) is 18.7. The average Bonchev–Trinajstić information content (AvgIpc) is 2.72. The molecule has 1 heterocycles. The normalized spacial score (nSPS) is 14.9. The predicted octanol–water partition coefficient (Wildman–Crippen LogP) is 5.64. The number of para-hydroxylation sites is 1. The van der Waals surface area contributed by atoms with E-state index in [1.54, 1.807) is 12.1 Å². The van der Waals surface area contributed by atoms with Gasteiger partial charge in [0, 0.05) is 13.1 Å². The van der Waals surface area contributed by atoms with Crippen LogP contribution < -0.4 is 10.1 Å². The Balaban J connectivity index is 1.63. The molecule has 1 aliphatic rings. The van der Waals surface area contributed by atoms with Gasteiger partial charge in [-0.1, -0.05) is 45.9 Å². The maximum absolute atomic E-state index is 13.0. The lowest BCUT2D eigenvalue weighted by molar-refractivity contribution is -0.118. The van der Waals surface area contributed by atoms with Gasteiger partial charge in [0.15, 0.2) is 6.61 Å². The van der Waals surface area contributed by atoms with Crippen LogP contribution in [-0.4, -0.2) is 36.4 Å². The number of carbonyl (C=O) groups excluding carboxylic acids is 2. The van der Waals surface area contributed by atoms with Crippen LogP contribution in [0.1, 0.15) is 56.5 Å². The topological polar surface area (TPSA) is 58.6 Å². The monoisotopic (exact) mass is 486 g/mol. The Labute approximate surface area is 193 Å². The van der Waals surface area contributed by atoms with E-state index in [0.29, 0.717) is 22.9 Å². The van der Waals surface area contributed by atoms with E-state index in [1.807, 2.05) is 35.2 Å². The van der Waals surface area contributed by atoms with Crippen LogP contribution in [0.3, 0.4) is 0 Å². The summed E-state index contributed by atoms with van der Waals surface area (Å²) < 4.78 is 6.52. The fourth-order valence-corrected chi connectivity index (χ4v) is 4.07. The van der Waals surface area contributed by atoms with Crippen LogP contribution in [0.15, 0.2) is 46.9 Å². The quantitative estimate of drug-likeness (QED) is 0.594. The summed E-state index contributed by atoms with van der Waals surface area (Å²) in [5, 5.41) is 2.84. The standard InChI is InChI=1S/C25H31BrN2O3/c1-17-11-13-28(14-12-17)24(30)19-7-5-6-8-21(19)27-23(29)16-31-22-10-9-18(15-20(22)26)25(2,3)4/h5-10,15,17H,11-14,16H2,1-4H3,(H,27,29). The molecule has 5 nitrogen and oxygen atoms in total. The molecular formula is C25H31BrN2O3. The maximum atomic E-state index is 13.0. The molecule has 31 heavy (non-hydrogen) atoms. The number of anilines is 1. The van der Waals surface area contributed by atoms with E-state index in [9.17, 15) is 9.59 Å². The zero-order valence-corrected chi connectivity index (χ0v) is 20.3. The van der Waals surface area contributed by atoms with E-state index in [-0.39, 0.29) is 23.8 Å². The zero-order chi connectivity index (χ0) is 22.6. The second kappa shape index (κ2) is 9.86. The predicted molar refractivity (Wildman–Crippen MR) is 128 cm³/mol. The maximum Gasteiger partial charge on any atom is 0.262 e. The van der Waals surface area contributed by atoms with Gasteiger partial charge >= 0.3 is 0 Å². The molecule has 0 spiro atoms. The van der Waals surface area contributed by atoms with Crippen LogP contribution in [0.2, 0.25) is 0 Å². The number of ether oxygens (including phenoxy) is 1. The number of nitrogens with zero attached hydrogens (tertiary/aromatic N) is 1. The first-order valence-electron chi connectivity index (χ1n) is 10.8. The largest absolute Gasteiger partial charge is 0.483 e. The van der Waals surface area contributed by atoms with Crippen molar-refractivity contribution in [1.82, 2.24) is 4.90 Å². The van der Waals surface area contributed by atoms with E-state index in [0.717, 1.165) is 30.4 Å². The van der Waals surface area contributed by atoms with Crippen molar-refractivity contribution < 1.29 is 14.3 Å². The Hall–Kier alpha value is -2.34. The van der Waals surface area contributed by atoms with Crippen LogP contribution in [0.4, 0.5) is 5.69 Å². The summed E-state index contributed by atoms with van der Waals surface area (Å²) in [7, 11) is 0. The number of amides is 2. The van der Waals surface area contributed by atoms with Crippen LogP contribution in [0, 0.1) is 5.92 Å². The molecule has 0 saturated carbocycles. The molecule has 3 rings (SSSR count). The van der Waals surface area contributed by atoms with Gasteiger partial charge < -0.3 is 15.0 Å². The summed E-state index contributed by atoms with van der Waals surface area (Å²) in [6, 6.07) is 13.0. The Morgan fingerprint density at radius 2 is 1.81 bits per heavy atom. The van der Waals surface area contributed by atoms with Gasteiger partial charge in [-0.25, -0.2) is 0 Å². The average molecular weight is 487 g/mol. The minimum atomic E-state index is -0.306. The molecule has 1 N–H and O–H groups in total. The Morgan fingerprint density at radius 1 is 1.13 bits per heavy atom.